The first-order chi connectivity index (χ1) is 10.8. The number of benzene rings is 2. The van der Waals surface area contributed by atoms with E-state index in [1.165, 1.54) is 12.1 Å². The lowest BCUT2D eigenvalue weighted by Crippen LogP contribution is -2.14. The highest BCUT2D eigenvalue weighted by Crippen LogP contribution is 2.33. The molecule has 1 aromatic heterocycles. The molecule has 0 saturated heterocycles. The topological polar surface area (TPSA) is 58.9 Å². The van der Waals surface area contributed by atoms with Crippen molar-refractivity contribution >= 4 is 16.6 Å². The molecular weight excluding hydrogens is 305 g/mol. The molecule has 3 rings (SSSR count). The maximum Gasteiger partial charge on any atom is 0.417 e. The fraction of sp³-hybridized carbons (Fsp3) is 0.118. The number of aromatic nitrogens is 1. The molecule has 0 aliphatic heterocycles. The lowest BCUT2D eigenvalue weighted by Gasteiger charge is -2.12. The summed E-state index contributed by atoms with van der Waals surface area (Å²) in [5.74, 6) is 0. The van der Waals surface area contributed by atoms with Crippen molar-refractivity contribution in [2.24, 2.45) is 0 Å². The number of alkyl halides is 3. The van der Waals surface area contributed by atoms with Crippen LogP contribution in [0.1, 0.15) is 16.7 Å². The van der Waals surface area contributed by atoms with Crippen LogP contribution in [0, 0.1) is 0 Å². The fourth-order valence-electron chi connectivity index (χ4n) is 2.56. The molecule has 0 bridgehead atoms. The fourth-order valence-corrected chi connectivity index (χ4v) is 2.56. The summed E-state index contributed by atoms with van der Waals surface area (Å²) in [5, 5.41) is -0.0240. The molecule has 0 fully saturated rings. The van der Waals surface area contributed by atoms with Gasteiger partial charge in [0.05, 0.1) is 5.56 Å². The Bertz CT molecular complexity index is 929. The molecule has 6 heteroatoms. The number of anilines is 1. The predicted octanol–water partition coefficient (Wildman–Crippen LogP) is 3.72. The average Bonchev–Trinajstić information content (AvgIpc) is 2.48. The highest BCUT2D eigenvalue weighted by atomic mass is 19.4. The van der Waals surface area contributed by atoms with Crippen molar-refractivity contribution in [1.82, 2.24) is 4.98 Å². The van der Waals surface area contributed by atoms with Crippen LogP contribution in [0.15, 0.2) is 53.3 Å². The third-order valence-corrected chi connectivity index (χ3v) is 3.66. The molecule has 0 aliphatic carbocycles. The second-order valence-corrected chi connectivity index (χ2v) is 5.30. The van der Waals surface area contributed by atoms with Gasteiger partial charge in [-0.15, -0.1) is 0 Å². The largest absolute Gasteiger partial charge is 0.417 e. The Balaban J connectivity index is 2.13. The lowest BCUT2D eigenvalue weighted by molar-refractivity contribution is -0.136. The number of fused-ring (bicyclic) bond motifs is 1. The second-order valence-electron chi connectivity index (χ2n) is 5.30. The van der Waals surface area contributed by atoms with Gasteiger partial charge in [-0.25, -0.2) is 0 Å². The molecule has 0 radical (unpaired) electrons. The summed E-state index contributed by atoms with van der Waals surface area (Å²) in [6, 6.07) is 12.4. The molecular formula is C17H13F3N2O. The predicted molar refractivity (Wildman–Crippen MR) is 83.2 cm³/mol. The van der Waals surface area contributed by atoms with Gasteiger partial charge in [-0.1, -0.05) is 24.3 Å². The Morgan fingerprint density at radius 2 is 1.78 bits per heavy atom. The molecule has 2 aromatic carbocycles. The molecule has 0 spiro atoms. The molecule has 3 aromatic rings. The van der Waals surface area contributed by atoms with Gasteiger partial charge in [0.1, 0.15) is 0 Å². The number of nitrogens with one attached hydrogen (secondary N) is 1. The van der Waals surface area contributed by atoms with Crippen LogP contribution in [0.25, 0.3) is 10.9 Å². The van der Waals surface area contributed by atoms with Crippen molar-refractivity contribution in [3.05, 3.63) is 75.6 Å². The SMILES string of the molecule is Nc1ccccc1Cc1ccc2[nH]c(=O)cc(C(F)(F)F)c2c1. The van der Waals surface area contributed by atoms with Crippen molar-refractivity contribution in [3.8, 4) is 0 Å². The quantitative estimate of drug-likeness (QED) is 0.708. The summed E-state index contributed by atoms with van der Waals surface area (Å²) in [6.45, 7) is 0. The van der Waals surface area contributed by atoms with E-state index in [4.69, 9.17) is 5.73 Å². The Kier molecular flexibility index (Phi) is 3.60. The zero-order valence-corrected chi connectivity index (χ0v) is 11.9. The van der Waals surface area contributed by atoms with E-state index in [-0.39, 0.29) is 10.9 Å². The molecule has 0 amide bonds. The van der Waals surface area contributed by atoms with Gasteiger partial charge in [-0.05, 0) is 35.7 Å². The Morgan fingerprint density at radius 1 is 1.04 bits per heavy atom. The summed E-state index contributed by atoms with van der Waals surface area (Å²) in [4.78, 5) is 13.8. The molecule has 3 nitrogen and oxygen atoms in total. The van der Waals surface area contributed by atoms with Crippen molar-refractivity contribution < 1.29 is 13.2 Å². The number of rotatable bonds is 2. The first-order valence-corrected chi connectivity index (χ1v) is 6.91. The van der Waals surface area contributed by atoms with Crippen molar-refractivity contribution in [1.29, 1.82) is 0 Å². The van der Waals surface area contributed by atoms with Crippen molar-refractivity contribution in [2.45, 2.75) is 12.6 Å². The monoisotopic (exact) mass is 318 g/mol. The minimum atomic E-state index is -4.59. The summed E-state index contributed by atoms with van der Waals surface area (Å²) in [7, 11) is 0. The molecule has 0 saturated carbocycles. The Hall–Kier alpha value is -2.76. The summed E-state index contributed by atoms with van der Waals surface area (Å²) in [6.07, 6.45) is -4.17. The number of nitrogen functional groups attached to an aromatic ring is 1. The van der Waals surface area contributed by atoms with Crippen LogP contribution in [0.4, 0.5) is 18.9 Å². The normalized spacial score (nSPS) is 11.8. The Labute approximate surface area is 129 Å². The number of aromatic amines is 1. The van der Waals surface area contributed by atoms with E-state index in [0.29, 0.717) is 23.7 Å². The van der Waals surface area contributed by atoms with E-state index >= 15 is 0 Å². The van der Waals surface area contributed by atoms with E-state index in [1.807, 2.05) is 12.1 Å². The summed E-state index contributed by atoms with van der Waals surface area (Å²) >= 11 is 0. The number of nitrogens with two attached hydrogens (primary N) is 1. The standard InChI is InChI=1S/C17H13F3N2O/c18-17(19,20)13-9-16(23)22-15-6-5-10(8-12(13)15)7-11-3-1-2-4-14(11)21/h1-6,8-9H,7,21H2,(H,22,23). The van der Waals surface area contributed by atoms with E-state index in [1.54, 1.807) is 18.2 Å². The van der Waals surface area contributed by atoms with E-state index in [9.17, 15) is 18.0 Å². The highest BCUT2D eigenvalue weighted by Gasteiger charge is 2.33. The molecule has 3 N–H and O–H groups in total. The minimum absolute atomic E-state index is 0.0240. The Morgan fingerprint density at radius 3 is 2.48 bits per heavy atom. The summed E-state index contributed by atoms with van der Waals surface area (Å²) < 4.78 is 39.4. The maximum absolute atomic E-state index is 13.1. The van der Waals surface area contributed by atoms with Gasteiger partial charge in [-0.2, -0.15) is 13.2 Å². The van der Waals surface area contributed by atoms with Crippen LogP contribution in [-0.4, -0.2) is 4.98 Å². The third kappa shape index (κ3) is 3.06. The summed E-state index contributed by atoms with van der Waals surface area (Å²) in [5.41, 5.74) is 6.44. The number of para-hydroxylation sites is 1. The van der Waals surface area contributed by atoms with Crippen molar-refractivity contribution in [3.63, 3.8) is 0 Å². The first-order valence-electron chi connectivity index (χ1n) is 6.91. The van der Waals surface area contributed by atoms with Crippen LogP contribution in [0.5, 0.6) is 0 Å². The van der Waals surface area contributed by atoms with Gasteiger partial charge in [0.15, 0.2) is 0 Å². The number of pyridine rings is 1. The molecule has 0 aliphatic rings. The minimum Gasteiger partial charge on any atom is -0.398 e. The van der Waals surface area contributed by atoms with Crippen molar-refractivity contribution in [2.75, 3.05) is 5.73 Å². The van der Waals surface area contributed by atoms with Crippen LogP contribution in [0.3, 0.4) is 0 Å². The molecule has 0 unspecified atom stereocenters. The third-order valence-electron chi connectivity index (χ3n) is 3.66. The number of hydrogen-bond donors (Lipinski definition) is 2. The number of H-pyrrole nitrogens is 1. The zero-order valence-electron chi connectivity index (χ0n) is 11.9. The van der Waals surface area contributed by atoms with Gasteiger partial charge < -0.3 is 10.7 Å². The van der Waals surface area contributed by atoms with E-state index < -0.39 is 17.3 Å². The van der Waals surface area contributed by atoms with Crippen LogP contribution in [0.2, 0.25) is 0 Å². The average molecular weight is 318 g/mol. The van der Waals surface area contributed by atoms with Crippen LogP contribution >= 0.6 is 0 Å². The molecule has 118 valence electrons. The molecule has 23 heavy (non-hydrogen) atoms. The number of halogens is 3. The number of hydrogen-bond acceptors (Lipinski definition) is 2. The first kappa shape index (κ1) is 15.1. The smallest absolute Gasteiger partial charge is 0.398 e. The molecule has 1 heterocycles. The van der Waals surface area contributed by atoms with Crippen LogP contribution < -0.4 is 11.3 Å². The maximum atomic E-state index is 13.1. The lowest BCUT2D eigenvalue weighted by atomic mass is 10.00. The van der Waals surface area contributed by atoms with Crippen LogP contribution in [-0.2, 0) is 12.6 Å². The van der Waals surface area contributed by atoms with Gasteiger partial charge in [-0.3, -0.25) is 4.79 Å². The van der Waals surface area contributed by atoms with Gasteiger partial charge in [0, 0.05) is 22.7 Å². The van der Waals surface area contributed by atoms with Gasteiger partial charge in [0.25, 0.3) is 0 Å². The zero-order chi connectivity index (χ0) is 16.6. The van der Waals surface area contributed by atoms with E-state index in [2.05, 4.69) is 4.98 Å². The molecule has 0 atom stereocenters. The highest BCUT2D eigenvalue weighted by molar-refractivity contribution is 5.83. The van der Waals surface area contributed by atoms with Gasteiger partial charge in [0.2, 0.25) is 5.56 Å². The second kappa shape index (κ2) is 5.46. The van der Waals surface area contributed by atoms with Gasteiger partial charge >= 0.3 is 6.18 Å². The van der Waals surface area contributed by atoms with E-state index in [0.717, 1.165) is 5.56 Å².